The van der Waals surface area contributed by atoms with E-state index in [9.17, 15) is 14.4 Å². The predicted molar refractivity (Wildman–Crippen MR) is 121 cm³/mol. The minimum absolute atomic E-state index is 0.0663. The second kappa shape index (κ2) is 9.23. The molecule has 1 N–H and O–H groups in total. The first-order chi connectivity index (χ1) is 14.3. The average molecular weight is 442 g/mol. The van der Waals surface area contributed by atoms with Gasteiger partial charge in [0.25, 0.3) is 5.91 Å². The molecule has 154 valence electrons. The number of benzene rings is 2. The van der Waals surface area contributed by atoms with Gasteiger partial charge in [-0.2, -0.15) is 0 Å². The summed E-state index contributed by atoms with van der Waals surface area (Å²) in [4.78, 5) is 37.5. The van der Waals surface area contributed by atoms with Crippen molar-refractivity contribution in [2.24, 2.45) is 0 Å². The standard InChI is InChI=1S/C22H19NO5S2/c1-3-17(13(2)24)28-18-7-5-4-6-15(18)12-19-20(25)23(22(29)30-19)16-10-8-14(9-11-16)21(26)27/h4-12,17H,3H2,1-2H3,(H,26,27)/b19-12-. The Balaban J connectivity index is 1.89. The predicted octanol–water partition coefficient (Wildman–Crippen LogP) is 4.54. The molecule has 1 aliphatic heterocycles. The minimum Gasteiger partial charge on any atom is -0.482 e. The van der Waals surface area contributed by atoms with E-state index in [1.807, 2.05) is 13.0 Å². The Morgan fingerprint density at radius 2 is 1.87 bits per heavy atom. The fraction of sp³-hybridized carbons (Fsp3) is 0.182. The summed E-state index contributed by atoms with van der Waals surface area (Å²) in [5.74, 6) is -0.903. The van der Waals surface area contributed by atoms with E-state index >= 15 is 0 Å². The number of amides is 1. The third kappa shape index (κ3) is 4.60. The Labute approximate surface area is 183 Å². The third-order valence-corrected chi connectivity index (χ3v) is 5.77. The second-order valence-electron chi connectivity index (χ2n) is 6.53. The van der Waals surface area contributed by atoms with Crippen LogP contribution in [0.5, 0.6) is 5.75 Å². The number of thiocarbonyl (C=S) groups is 1. The molecule has 3 rings (SSSR count). The SMILES string of the molecule is CCC(Oc1ccccc1/C=C1\SC(=S)N(c2ccc(C(=O)O)cc2)C1=O)C(C)=O. The van der Waals surface area contributed by atoms with Crippen LogP contribution in [0.1, 0.15) is 36.2 Å². The van der Waals surface area contributed by atoms with Crippen molar-refractivity contribution in [1.82, 2.24) is 0 Å². The van der Waals surface area contributed by atoms with Gasteiger partial charge in [-0.15, -0.1) is 0 Å². The molecule has 0 saturated carbocycles. The number of Topliss-reactive ketones (excluding diaryl/α,β-unsaturated/α-hetero) is 1. The van der Waals surface area contributed by atoms with Crippen LogP contribution in [0.4, 0.5) is 5.69 Å². The van der Waals surface area contributed by atoms with Crippen molar-refractivity contribution in [3.8, 4) is 5.75 Å². The van der Waals surface area contributed by atoms with Crippen LogP contribution in [0.3, 0.4) is 0 Å². The zero-order valence-corrected chi connectivity index (χ0v) is 18.0. The number of carboxylic acid groups (broad SMARTS) is 1. The molecule has 2 aromatic carbocycles. The number of nitrogens with zero attached hydrogens (tertiary/aromatic N) is 1. The van der Waals surface area contributed by atoms with Crippen molar-refractivity contribution < 1.29 is 24.2 Å². The molecule has 0 spiro atoms. The molecule has 0 aromatic heterocycles. The van der Waals surface area contributed by atoms with Crippen molar-refractivity contribution in [1.29, 1.82) is 0 Å². The summed E-state index contributed by atoms with van der Waals surface area (Å²) in [7, 11) is 0. The lowest BCUT2D eigenvalue weighted by molar-refractivity contribution is -0.123. The highest BCUT2D eigenvalue weighted by atomic mass is 32.2. The van der Waals surface area contributed by atoms with Crippen LogP contribution in [0, 0.1) is 0 Å². The van der Waals surface area contributed by atoms with Crippen molar-refractivity contribution >= 4 is 57.7 Å². The molecule has 1 heterocycles. The Bertz CT molecular complexity index is 1050. The van der Waals surface area contributed by atoms with Crippen LogP contribution in [-0.4, -0.2) is 33.2 Å². The molecule has 8 heteroatoms. The molecule has 1 unspecified atom stereocenters. The van der Waals surface area contributed by atoms with Crippen molar-refractivity contribution in [2.75, 3.05) is 4.90 Å². The second-order valence-corrected chi connectivity index (χ2v) is 8.21. The van der Waals surface area contributed by atoms with Gasteiger partial charge in [0.15, 0.2) is 16.2 Å². The lowest BCUT2D eigenvalue weighted by Crippen LogP contribution is -2.27. The monoisotopic (exact) mass is 441 g/mol. The van der Waals surface area contributed by atoms with E-state index in [-0.39, 0.29) is 17.3 Å². The van der Waals surface area contributed by atoms with E-state index in [2.05, 4.69) is 0 Å². The first-order valence-corrected chi connectivity index (χ1v) is 10.4. The number of ether oxygens (including phenoxy) is 1. The van der Waals surface area contributed by atoms with E-state index in [1.54, 1.807) is 36.4 Å². The molecule has 0 bridgehead atoms. The number of hydrogen-bond acceptors (Lipinski definition) is 6. The van der Waals surface area contributed by atoms with Crippen LogP contribution in [0.25, 0.3) is 6.08 Å². The molecule has 2 aromatic rings. The van der Waals surface area contributed by atoms with Gasteiger partial charge in [-0.25, -0.2) is 4.79 Å². The van der Waals surface area contributed by atoms with Gasteiger partial charge in [-0.05, 0) is 49.8 Å². The molecule has 1 amide bonds. The van der Waals surface area contributed by atoms with Gasteiger partial charge >= 0.3 is 5.97 Å². The van der Waals surface area contributed by atoms with Crippen molar-refractivity contribution in [3.63, 3.8) is 0 Å². The summed E-state index contributed by atoms with van der Waals surface area (Å²) in [6.45, 7) is 3.35. The summed E-state index contributed by atoms with van der Waals surface area (Å²) in [5.41, 5.74) is 1.29. The fourth-order valence-corrected chi connectivity index (χ4v) is 4.19. The average Bonchev–Trinajstić information content (AvgIpc) is 3.00. The lowest BCUT2D eigenvalue weighted by atomic mass is 10.1. The van der Waals surface area contributed by atoms with Crippen LogP contribution < -0.4 is 9.64 Å². The van der Waals surface area contributed by atoms with Gasteiger partial charge in [0.2, 0.25) is 0 Å². The van der Waals surface area contributed by atoms with Crippen LogP contribution in [0.15, 0.2) is 53.4 Å². The van der Waals surface area contributed by atoms with Crippen molar-refractivity contribution in [2.45, 2.75) is 26.4 Å². The molecule has 0 radical (unpaired) electrons. The summed E-state index contributed by atoms with van der Waals surface area (Å²) in [6.07, 6.45) is 1.67. The number of aromatic carboxylic acids is 1. The van der Waals surface area contributed by atoms with Gasteiger partial charge in [-0.1, -0.05) is 49.1 Å². The number of ketones is 1. The quantitative estimate of drug-likeness (QED) is 0.499. The summed E-state index contributed by atoms with van der Waals surface area (Å²) < 4.78 is 6.21. The molecular weight excluding hydrogens is 422 g/mol. The molecular formula is C22H19NO5S2. The van der Waals surface area contributed by atoms with Gasteiger partial charge in [-0.3, -0.25) is 14.5 Å². The van der Waals surface area contributed by atoms with E-state index < -0.39 is 12.1 Å². The summed E-state index contributed by atoms with van der Waals surface area (Å²) in [6, 6.07) is 13.1. The van der Waals surface area contributed by atoms with E-state index in [0.717, 1.165) is 11.8 Å². The molecule has 1 fully saturated rings. The zero-order valence-electron chi connectivity index (χ0n) is 16.3. The third-order valence-electron chi connectivity index (χ3n) is 4.47. The number of thioether (sulfide) groups is 1. The molecule has 1 aliphatic rings. The maximum atomic E-state index is 13.0. The molecule has 6 nitrogen and oxygen atoms in total. The van der Waals surface area contributed by atoms with Gasteiger partial charge in [0.05, 0.1) is 16.2 Å². The highest BCUT2D eigenvalue weighted by molar-refractivity contribution is 8.27. The Hall–Kier alpha value is -2.97. The highest BCUT2D eigenvalue weighted by Gasteiger charge is 2.33. The summed E-state index contributed by atoms with van der Waals surface area (Å²) in [5, 5.41) is 9.04. The Morgan fingerprint density at radius 1 is 1.20 bits per heavy atom. The first kappa shape index (κ1) is 21.7. The molecule has 1 atom stereocenters. The Morgan fingerprint density at radius 3 is 2.47 bits per heavy atom. The number of carbonyl (C=O) groups is 3. The summed E-state index contributed by atoms with van der Waals surface area (Å²) >= 11 is 6.52. The van der Waals surface area contributed by atoms with E-state index in [4.69, 9.17) is 22.1 Å². The van der Waals surface area contributed by atoms with Crippen LogP contribution >= 0.6 is 24.0 Å². The number of hydrogen-bond donors (Lipinski definition) is 1. The van der Waals surface area contributed by atoms with E-state index in [0.29, 0.717) is 32.6 Å². The smallest absolute Gasteiger partial charge is 0.335 e. The maximum absolute atomic E-state index is 13.0. The lowest BCUT2D eigenvalue weighted by Gasteiger charge is -2.16. The van der Waals surface area contributed by atoms with Gasteiger partial charge in [0, 0.05) is 5.56 Å². The van der Waals surface area contributed by atoms with Gasteiger partial charge in [0.1, 0.15) is 5.75 Å². The topological polar surface area (TPSA) is 83.9 Å². The normalized spacial score (nSPS) is 16.1. The molecule has 0 aliphatic carbocycles. The largest absolute Gasteiger partial charge is 0.482 e. The van der Waals surface area contributed by atoms with Crippen LogP contribution in [-0.2, 0) is 9.59 Å². The highest BCUT2D eigenvalue weighted by Crippen LogP contribution is 2.37. The zero-order chi connectivity index (χ0) is 21.8. The number of carbonyl (C=O) groups excluding carboxylic acids is 2. The van der Waals surface area contributed by atoms with Crippen molar-refractivity contribution in [3.05, 3.63) is 64.6 Å². The number of rotatable bonds is 7. The van der Waals surface area contributed by atoms with Crippen LogP contribution in [0.2, 0.25) is 0 Å². The fourth-order valence-electron chi connectivity index (χ4n) is 2.90. The molecule has 1 saturated heterocycles. The maximum Gasteiger partial charge on any atom is 0.335 e. The number of anilines is 1. The number of carboxylic acids is 1. The minimum atomic E-state index is -1.04. The first-order valence-electron chi connectivity index (χ1n) is 9.19. The number of para-hydroxylation sites is 1. The molecule has 30 heavy (non-hydrogen) atoms. The van der Waals surface area contributed by atoms with Gasteiger partial charge < -0.3 is 9.84 Å². The Kier molecular flexibility index (Phi) is 6.69. The van der Waals surface area contributed by atoms with E-state index in [1.165, 1.54) is 24.0 Å².